The van der Waals surface area contributed by atoms with E-state index < -0.39 is 17.6 Å². The lowest BCUT2D eigenvalue weighted by Crippen LogP contribution is -2.04. The Hall–Kier alpha value is -2.22. The summed E-state index contributed by atoms with van der Waals surface area (Å²) in [4.78, 5) is 21.7. The van der Waals surface area contributed by atoms with E-state index in [2.05, 4.69) is 0 Å². The van der Waals surface area contributed by atoms with Crippen LogP contribution in [-0.4, -0.2) is 16.9 Å². The predicted octanol–water partition coefficient (Wildman–Crippen LogP) is 1.74. The van der Waals surface area contributed by atoms with Crippen LogP contribution in [-0.2, 0) is 4.79 Å². The van der Waals surface area contributed by atoms with Crippen LogP contribution in [0.2, 0.25) is 0 Å². The Morgan fingerprint density at radius 3 is 2.62 bits per heavy atom. The van der Waals surface area contributed by atoms with Gasteiger partial charge in [-0.1, -0.05) is 0 Å². The molecule has 0 saturated heterocycles. The van der Waals surface area contributed by atoms with E-state index in [4.69, 9.17) is 10.4 Å². The fraction of sp³-hybridized carbons (Fsp3) is 0.182. The molecule has 0 radical (unpaired) electrons. The molecule has 4 nitrogen and oxygen atoms in total. The second kappa shape index (κ2) is 5.03. The van der Waals surface area contributed by atoms with Crippen LogP contribution in [0, 0.1) is 17.1 Å². The Kier molecular flexibility index (Phi) is 3.72. The second-order valence-corrected chi connectivity index (χ2v) is 3.12. The van der Waals surface area contributed by atoms with Crippen LogP contribution in [0.25, 0.3) is 0 Å². The van der Waals surface area contributed by atoms with Crippen molar-refractivity contribution in [1.29, 1.82) is 5.26 Å². The van der Waals surface area contributed by atoms with E-state index in [0.717, 1.165) is 12.1 Å². The molecule has 16 heavy (non-hydrogen) atoms. The van der Waals surface area contributed by atoms with Gasteiger partial charge in [0.15, 0.2) is 5.78 Å². The Morgan fingerprint density at radius 2 is 2.06 bits per heavy atom. The highest BCUT2D eigenvalue weighted by Gasteiger charge is 2.11. The molecule has 1 N–H and O–H groups in total. The van der Waals surface area contributed by atoms with Crippen molar-refractivity contribution in [3.05, 3.63) is 35.1 Å². The summed E-state index contributed by atoms with van der Waals surface area (Å²) in [6, 6.07) is 4.99. The highest BCUT2D eigenvalue weighted by Crippen LogP contribution is 2.12. The van der Waals surface area contributed by atoms with Gasteiger partial charge in [-0.2, -0.15) is 5.26 Å². The molecule has 0 spiro atoms. The number of rotatable bonds is 4. The van der Waals surface area contributed by atoms with E-state index in [-0.39, 0.29) is 24.0 Å². The van der Waals surface area contributed by atoms with E-state index >= 15 is 0 Å². The second-order valence-electron chi connectivity index (χ2n) is 3.12. The maximum absolute atomic E-state index is 12.9. The topological polar surface area (TPSA) is 78.2 Å². The minimum Gasteiger partial charge on any atom is -0.481 e. The van der Waals surface area contributed by atoms with Crippen LogP contribution in [0.1, 0.15) is 28.8 Å². The highest BCUT2D eigenvalue weighted by molar-refractivity contribution is 5.97. The first-order valence-corrected chi connectivity index (χ1v) is 4.49. The lowest BCUT2D eigenvalue weighted by Gasteiger charge is -2.00. The standard InChI is InChI=1S/C11H8FNO3/c12-9-2-1-7(5-8(9)6-13)10(14)3-4-11(15)16/h1-2,5H,3-4H2,(H,15,16). The maximum atomic E-state index is 12.9. The number of halogens is 1. The van der Waals surface area contributed by atoms with Crippen LogP contribution in [0.4, 0.5) is 4.39 Å². The highest BCUT2D eigenvalue weighted by atomic mass is 19.1. The van der Waals surface area contributed by atoms with Crippen LogP contribution < -0.4 is 0 Å². The van der Waals surface area contributed by atoms with Crippen molar-refractivity contribution in [1.82, 2.24) is 0 Å². The predicted molar refractivity (Wildman–Crippen MR) is 52.3 cm³/mol. The molecule has 0 heterocycles. The average Bonchev–Trinajstić information content (AvgIpc) is 2.26. The zero-order chi connectivity index (χ0) is 12.1. The third-order valence-electron chi connectivity index (χ3n) is 1.97. The SMILES string of the molecule is N#Cc1cc(C(=O)CCC(=O)O)ccc1F. The number of carbonyl (C=O) groups is 2. The molecule has 0 aromatic heterocycles. The number of carboxylic acids is 1. The van der Waals surface area contributed by atoms with Gasteiger partial charge < -0.3 is 5.11 Å². The first-order chi connectivity index (χ1) is 7.54. The lowest BCUT2D eigenvalue weighted by molar-refractivity contribution is -0.136. The summed E-state index contributed by atoms with van der Waals surface area (Å²) in [7, 11) is 0. The van der Waals surface area contributed by atoms with Gasteiger partial charge in [0.25, 0.3) is 0 Å². The molecule has 0 aliphatic heterocycles. The summed E-state index contributed by atoms with van der Waals surface area (Å²) in [5, 5.41) is 16.9. The van der Waals surface area contributed by atoms with Gasteiger partial charge in [0.05, 0.1) is 12.0 Å². The van der Waals surface area contributed by atoms with Gasteiger partial charge in [0, 0.05) is 12.0 Å². The third kappa shape index (κ3) is 2.89. The van der Waals surface area contributed by atoms with Crippen molar-refractivity contribution in [2.24, 2.45) is 0 Å². The zero-order valence-corrected chi connectivity index (χ0v) is 8.24. The Bertz CT molecular complexity index is 477. The van der Waals surface area contributed by atoms with E-state index in [1.54, 1.807) is 6.07 Å². The summed E-state index contributed by atoms with van der Waals surface area (Å²) in [5.74, 6) is -2.19. The molecule has 0 unspecified atom stereocenters. The number of hydrogen-bond acceptors (Lipinski definition) is 3. The van der Waals surface area contributed by atoms with E-state index in [0.29, 0.717) is 0 Å². The average molecular weight is 221 g/mol. The molecular formula is C11H8FNO3. The Balaban J connectivity index is 2.85. The van der Waals surface area contributed by atoms with E-state index in [9.17, 15) is 14.0 Å². The van der Waals surface area contributed by atoms with Gasteiger partial charge >= 0.3 is 5.97 Å². The fourth-order valence-corrected chi connectivity index (χ4v) is 1.15. The van der Waals surface area contributed by atoms with Crippen molar-refractivity contribution in [2.45, 2.75) is 12.8 Å². The number of nitrogens with zero attached hydrogens (tertiary/aromatic N) is 1. The van der Waals surface area contributed by atoms with Crippen molar-refractivity contribution in [3.63, 3.8) is 0 Å². The first kappa shape index (κ1) is 11.9. The molecule has 1 rings (SSSR count). The molecule has 1 aromatic rings. The van der Waals surface area contributed by atoms with Crippen LogP contribution in [0.3, 0.4) is 0 Å². The Labute approximate surface area is 90.9 Å². The molecule has 0 aliphatic rings. The largest absolute Gasteiger partial charge is 0.481 e. The number of carbonyl (C=O) groups excluding carboxylic acids is 1. The fourth-order valence-electron chi connectivity index (χ4n) is 1.15. The van der Waals surface area contributed by atoms with Gasteiger partial charge in [0.2, 0.25) is 0 Å². The van der Waals surface area contributed by atoms with Crippen LogP contribution in [0.5, 0.6) is 0 Å². The molecule has 0 saturated carbocycles. The van der Waals surface area contributed by atoms with Gasteiger partial charge in [-0.3, -0.25) is 9.59 Å². The molecule has 5 heteroatoms. The summed E-state index contributed by atoms with van der Waals surface area (Å²) >= 11 is 0. The van der Waals surface area contributed by atoms with Crippen molar-refractivity contribution in [3.8, 4) is 6.07 Å². The first-order valence-electron chi connectivity index (χ1n) is 4.49. The van der Waals surface area contributed by atoms with E-state index in [1.807, 2.05) is 0 Å². The van der Waals surface area contributed by atoms with Crippen LogP contribution in [0.15, 0.2) is 18.2 Å². The smallest absolute Gasteiger partial charge is 0.303 e. The number of ketones is 1. The molecule has 0 atom stereocenters. The summed E-state index contributed by atoms with van der Waals surface area (Å²) in [6.07, 6.45) is -0.441. The quantitative estimate of drug-likeness (QED) is 0.785. The summed E-state index contributed by atoms with van der Waals surface area (Å²) in [5.41, 5.74) is -0.0691. The van der Waals surface area contributed by atoms with Crippen molar-refractivity contribution < 1.29 is 19.1 Å². The lowest BCUT2D eigenvalue weighted by atomic mass is 10.0. The number of carboxylic acid groups (broad SMARTS) is 1. The molecule has 0 fully saturated rings. The molecule has 0 amide bonds. The summed E-state index contributed by atoms with van der Waals surface area (Å²) < 4.78 is 12.9. The molecule has 82 valence electrons. The molecule has 1 aromatic carbocycles. The van der Waals surface area contributed by atoms with Crippen molar-refractivity contribution >= 4 is 11.8 Å². The normalized spacial score (nSPS) is 9.50. The minimum absolute atomic E-state index is 0.152. The number of benzene rings is 1. The summed E-state index contributed by atoms with van der Waals surface area (Å²) in [6.45, 7) is 0. The third-order valence-corrected chi connectivity index (χ3v) is 1.97. The van der Waals surface area contributed by atoms with Crippen LogP contribution >= 0.6 is 0 Å². The monoisotopic (exact) mass is 221 g/mol. The van der Waals surface area contributed by atoms with Gasteiger partial charge in [-0.05, 0) is 18.2 Å². The van der Waals surface area contributed by atoms with Gasteiger partial charge in [0.1, 0.15) is 11.9 Å². The minimum atomic E-state index is -1.07. The Morgan fingerprint density at radius 1 is 1.38 bits per heavy atom. The van der Waals surface area contributed by atoms with Crippen molar-refractivity contribution in [2.75, 3.05) is 0 Å². The number of hydrogen-bond donors (Lipinski definition) is 1. The molecular weight excluding hydrogens is 213 g/mol. The molecule has 0 bridgehead atoms. The van der Waals surface area contributed by atoms with Gasteiger partial charge in [-0.15, -0.1) is 0 Å². The zero-order valence-electron chi connectivity index (χ0n) is 8.24. The number of Topliss-reactive ketones (excluding diaryl/α,β-unsaturated/α-hetero) is 1. The van der Waals surface area contributed by atoms with Gasteiger partial charge in [-0.25, -0.2) is 4.39 Å². The maximum Gasteiger partial charge on any atom is 0.303 e. The number of aliphatic carboxylic acids is 1. The molecule has 0 aliphatic carbocycles. The van der Waals surface area contributed by atoms with E-state index in [1.165, 1.54) is 6.07 Å². The number of nitriles is 1.